The van der Waals surface area contributed by atoms with Gasteiger partial charge in [-0.3, -0.25) is 0 Å². The lowest BCUT2D eigenvalue weighted by Gasteiger charge is -2.04. The summed E-state index contributed by atoms with van der Waals surface area (Å²) in [5, 5.41) is 10.1. The second-order valence-corrected chi connectivity index (χ2v) is 5.73. The summed E-state index contributed by atoms with van der Waals surface area (Å²) in [6.07, 6.45) is 0.772. The minimum Gasteiger partial charge on any atom is -0.478 e. The molecular formula is C13H10O6S. The second-order valence-electron chi connectivity index (χ2n) is 4.16. The third-order valence-corrected chi connectivity index (χ3v) is 3.00. The Bertz CT molecular complexity index is 807. The molecule has 0 amide bonds. The predicted molar refractivity (Wildman–Crippen MR) is 71.2 cm³/mol. The zero-order valence-corrected chi connectivity index (χ0v) is 11.2. The number of hydrogen-bond acceptors (Lipinski definition) is 5. The Morgan fingerprint density at radius 3 is 2.10 bits per heavy atom. The highest BCUT2D eigenvalue weighted by atomic mass is 32.2. The van der Waals surface area contributed by atoms with Crippen LogP contribution >= 0.6 is 0 Å². The first kappa shape index (κ1) is 14.0. The van der Waals surface area contributed by atoms with Crippen LogP contribution in [0.1, 0.15) is 20.7 Å². The summed E-state index contributed by atoms with van der Waals surface area (Å²) in [6.45, 7) is 0. The van der Waals surface area contributed by atoms with E-state index in [1.54, 1.807) is 12.1 Å². The molecule has 104 valence electrons. The van der Waals surface area contributed by atoms with Crippen molar-refractivity contribution in [1.82, 2.24) is 0 Å². The summed E-state index contributed by atoms with van der Waals surface area (Å²) >= 11 is 0. The molecule has 0 atom stereocenters. The topological polar surface area (TPSA) is 97.7 Å². The third kappa shape index (κ3) is 3.12. The third-order valence-electron chi connectivity index (χ3n) is 2.55. The molecule has 7 heteroatoms. The molecule has 0 fully saturated rings. The van der Waals surface area contributed by atoms with Crippen molar-refractivity contribution in [2.45, 2.75) is 0 Å². The molecule has 20 heavy (non-hydrogen) atoms. The fraction of sp³-hybridized carbons (Fsp3) is 0.0769. The zero-order valence-electron chi connectivity index (χ0n) is 10.4. The van der Waals surface area contributed by atoms with E-state index in [2.05, 4.69) is 4.18 Å². The molecular weight excluding hydrogens is 284 g/mol. The Labute approximate surface area is 114 Å². The van der Waals surface area contributed by atoms with Crippen molar-refractivity contribution in [3.8, 4) is 0 Å². The Kier molecular flexibility index (Phi) is 3.46. The van der Waals surface area contributed by atoms with Crippen LogP contribution in [-0.2, 0) is 14.3 Å². The first-order chi connectivity index (χ1) is 9.26. The van der Waals surface area contributed by atoms with Gasteiger partial charge in [0, 0.05) is 0 Å². The maximum absolute atomic E-state index is 11.6. The van der Waals surface area contributed by atoms with Crippen molar-refractivity contribution < 1.29 is 27.3 Å². The maximum Gasteiger partial charge on any atom is 0.353 e. The molecule has 0 spiro atoms. The Balaban J connectivity index is 2.46. The van der Waals surface area contributed by atoms with E-state index in [0.717, 1.165) is 11.6 Å². The Morgan fingerprint density at radius 2 is 1.55 bits per heavy atom. The van der Waals surface area contributed by atoms with Gasteiger partial charge in [0.25, 0.3) is 0 Å². The lowest BCUT2D eigenvalue weighted by Crippen LogP contribution is -2.11. The number of carboxylic acid groups (broad SMARTS) is 1. The number of carbonyl (C=O) groups is 2. The number of aromatic carboxylic acids is 1. The molecule has 0 aliphatic carbocycles. The van der Waals surface area contributed by atoms with E-state index < -0.39 is 22.1 Å². The molecule has 1 N–H and O–H groups in total. The number of hydrogen-bond donors (Lipinski definition) is 1. The van der Waals surface area contributed by atoms with Gasteiger partial charge in [-0.1, -0.05) is 12.1 Å². The molecule has 0 aromatic heterocycles. The van der Waals surface area contributed by atoms with E-state index in [1.165, 1.54) is 24.3 Å². The van der Waals surface area contributed by atoms with Gasteiger partial charge < -0.3 is 9.29 Å². The standard InChI is InChI=1S/C13H10O6S/c1-20(17,18)19-13(16)10-5-3-8-2-4-9(12(14)15)6-11(8)7-10/h2-7H,1H3,(H,14,15). The number of fused-ring (bicyclic) bond motifs is 1. The summed E-state index contributed by atoms with van der Waals surface area (Å²) in [6, 6.07) is 8.82. The van der Waals surface area contributed by atoms with Crippen molar-refractivity contribution in [2.75, 3.05) is 6.26 Å². The Morgan fingerprint density at radius 1 is 1.00 bits per heavy atom. The van der Waals surface area contributed by atoms with Gasteiger partial charge in [-0.15, -0.1) is 0 Å². The smallest absolute Gasteiger partial charge is 0.353 e. The average molecular weight is 294 g/mol. The van der Waals surface area contributed by atoms with Crippen LogP contribution in [0.3, 0.4) is 0 Å². The van der Waals surface area contributed by atoms with Gasteiger partial charge >= 0.3 is 22.1 Å². The molecule has 0 unspecified atom stereocenters. The van der Waals surface area contributed by atoms with Crippen molar-refractivity contribution in [3.63, 3.8) is 0 Å². The van der Waals surface area contributed by atoms with E-state index in [0.29, 0.717) is 5.39 Å². The van der Waals surface area contributed by atoms with Crippen molar-refractivity contribution >= 4 is 32.8 Å². The molecule has 0 aliphatic heterocycles. The summed E-state index contributed by atoms with van der Waals surface area (Å²) < 4.78 is 26.1. The first-order valence-electron chi connectivity index (χ1n) is 5.47. The van der Waals surface area contributed by atoms with E-state index in [4.69, 9.17) is 5.11 Å². The van der Waals surface area contributed by atoms with Crippen molar-refractivity contribution in [3.05, 3.63) is 47.5 Å². The lowest BCUT2D eigenvalue weighted by molar-refractivity contribution is 0.0695. The molecule has 0 radical (unpaired) electrons. The van der Waals surface area contributed by atoms with Gasteiger partial charge in [0.1, 0.15) is 0 Å². The highest BCUT2D eigenvalue weighted by Crippen LogP contribution is 2.19. The van der Waals surface area contributed by atoms with E-state index in [1.807, 2.05) is 0 Å². The van der Waals surface area contributed by atoms with Gasteiger partial charge in [-0.25, -0.2) is 9.59 Å². The van der Waals surface area contributed by atoms with Crippen LogP contribution in [0.15, 0.2) is 36.4 Å². The number of carbonyl (C=O) groups excluding carboxylic acids is 1. The largest absolute Gasteiger partial charge is 0.478 e. The number of rotatable bonds is 3. The Hall–Kier alpha value is -2.41. The van der Waals surface area contributed by atoms with Crippen LogP contribution in [-0.4, -0.2) is 31.7 Å². The molecule has 0 saturated heterocycles. The fourth-order valence-corrected chi connectivity index (χ4v) is 2.06. The van der Waals surface area contributed by atoms with Crippen molar-refractivity contribution in [1.29, 1.82) is 0 Å². The van der Waals surface area contributed by atoms with Crippen LogP contribution in [0.4, 0.5) is 0 Å². The van der Waals surface area contributed by atoms with Gasteiger partial charge in [0.2, 0.25) is 0 Å². The number of carboxylic acids is 1. The van der Waals surface area contributed by atoms with E-state index in [-0.39, 0.29) is 11.1 Å². The average Bonchev–Trinajstić information content (AvgIpc) is 2.35. The minimum atomic E-state index is -3.89. The highest BCUT2D eigenvalue weighted by molar-refractivity contribution is 7.86. The summed E-state index contributed by atoms with van der Waals surface area (Å²) in [5.41, 5.74) is 0.108. The van der Waals surface area contributed by atoms with Crippen LogP contribution in [0, 0.1) is 0 Å². The van der Waals surface area contributed by atoms with Gasteiger partial charge in [0.15, 0.2) is 0 Å². The van der Waals surface area contributed by atoms with Crippen molar-refractivity contribution in [2.24, 2.45) is 0 Å². The lowest BCUT2D eigenvalue weighted by atomic mass is 10.0. The van der Waals surface area contributed by atoms with Gasteiger partial charge in [-0.2, -0.15) is 8.42 Å². The van der Waals surface area contributed by atoms with Crippen LogP contribution in [0.2, 0.25) is 0 Å². The predicted octanol–water partition coefficient (Wildman–Crippen LogP) is 1.65. The minimum absolute atomic E-state index is 0.0328. The van der Waals surface area contributed by atoms with Crippen LogP contribution < -0.4 is 0 Å². The monoisotopic (exact) mass is 294 g/mol. The van der Waals surface area contributed by atoms with Gasteiger partial charge in [-0.05, 0) is 35.0 Å². The molecule has 6 nitrogen and oxygen atoms in total. The quantitative estimate of drug-likeness (QED) is 0.864. The molecule has 2 rings (SSSR count). The van der Waals surface area contributed by atoms with Crippen LogP contribution in [0.5, 0.6) is 0 Å². The molecule has 0 saturated carbocycles. The summed E-state index contributed by atoms with van der Waals surface area (Å²) in [7, 11) is -3.89. The molecule has 2 aromatic carbocycles. The van der Waals surface area contributed by atoms with Crippen LogP contribution in [0.25, 0.3) is 10.8 Å². The maximum atomic E-state index is 11.6. The van der Waals surface area contributed by atoms with E-state index >= 15 is 0 Å². The molecule has 0 heterocycles. The van der Waals surface area contributed by atoms with Gasteiger partial charge in [0.05, 0.1) is 17.4 Å². The normalized spacial score (nSPS) is 11.2. The summed E-state index contributed by atoms with van der Waals surface area (Å²) in [4.78, 5) is 22.5. The summed E-state index contributed by atoms with van der Waals surface area (Å²) in [5.74, 6) is -2.09. The van der Waals surface area contributed by atoms with E-state index in [9.17, 15) is 18.0 Å². The zero-order chi connectivity index (χ0) is 14.9. The fourth-order valence-electron chi connectivity index (χ4n) is 1.69. The number of benzene rings is 2. The second kappa shape index (κ2) is 4.93. The molecule has 0 aliphatic rings. The SMILES string of the molecule is CS(=O)(=O)OC(=O)c1ccc2ccc(C(=O)O)cc2c1. The highest BCUT2D eigenvalue weighted by Gasteiger charge is 2.14. The first-order valence-corrected chi connectivity index (χ1v) is 7.29. The molecule has 0 bridgehead atoms. The molecule has 2 aromatic rings.